The third-order valence-corrected chi connectivity index (χ3v) is 2.58. The smallest absolute Gasteiger partial charge is 0.413 e. The molecule has 0 aliphatic rings. The normalized spacial score (nSPS) is 11.0. The maximum Gasteiger partial charge on any atom is 0.413 e. The quantitative estimate of drug-likeness (QED) is 0.894. The number of carbonyl (C=O) groups is 2. The molecule has 0 spiro atoms. The first-order valence-corrected chi connectivity index (χ1v) is 7.17. The number of nitrogens with one attached hydrogen (secondary N) is 2. The molecule has 0 bridgehead atoms. The SMILES string of the molecule is CC(C)(C)OC(=O)Nc1cn(CC(=O)Nc2cccc(F)c2)nn1. The van der Waals surface area contributed by atoms with E-state index in [0.717, 1.165) is 0 Å². The molecule has 0 saturated carbocycles. The Morgan fingerprint density at radius 1 is 1.29 bits per heavy atom. The van der Waals surface area contributed by atoms with E-state index in [1.165, 1.54) is 29.1 Å². The number of amides is 2. The molecule has 0 unspecified atom stereocenters. The van der Waals surface area contributed by atoms with Crippen LogP contribution in [0.4, 0.5) is 20.7 Å². The zero-order valence-electron chi connectivity index (χ0n) is 13.5. The van der Waals surface area contributed by atoms with Crippen molar-refractivity contribution in [2.75, 3.05) is 10.6 Å². The molecular formula is C15H18FN5O3. The highest BCUT2D eigenvalue weighted by Crippen LogP contribution is 2.10. The van der Waals surface area contributed by atoms with Gasteiger partial charge in [0.05, 0.1) is 6.20 Å². The molecule has 0 radical (unpaired) electrons. The summed E-state index contributed by atoms with van der Waals surface area (Å²) in [5.41, 5.74) is -0.294. The second kappa shape index (κ2) is 7.07. The Hall–Kier alpha value is -2.97. The van der Waals surface area contributed by atoms with Gasteiger partial charge in [-0.2, -0.15) is 0 Å². The van der Waals surface area contributed by atoms with E-state index in [4.69, 9.17) is 4.74 Å². The lowest BCUT2D eigenvalue weighted by molar-refractivity contribution is -0.116. The van der Waals surface area contributed by atoms with Crippen molar-refractivity contribution in [2.24, 2.45) is 0 Å². The molecule has 2 amide bonds. The van der Waals surface area contributed by atoms with E-state index in [-0.39, 0.29) is 12.4 Å². The summed E-state index contributed by atoms with van der Waals surface area (Å²) in [5.74, 6) is -0.700. The van der Waals surface area contributed by atoms with Gasteiger partial charge in [0, 0.05) is 5.69 Å². The van der Waals surface area contributed by atoms with Crippen LogP contribution >= 0.6 is 0 Å². The molecule has 2 aromatic rings. The highest BCUT2D eigenvalue weighted by molar-refractivity contribution is 5.90. The van der Waals surface area contributed by atoms with Gasteiger partial charge in [0.15, 0.2) is 5.82 Å². The Morgan fingerprint density at radius 3 is 2.71 bits per heavy atom. The maximum atomic E-state index is 13.1. The number of nitrogens with zero attached hydrogens (tertiary/aromatic N) is 3. The standard InChI is InChI=1S/C15H18FN5O3/c1-15(2,3)24-14(23)18-12-8-21(20-19-12)9-13(22)17-11-6-4-5-10(16)7-11/h4-8H,9H2,1-3H3,(H,17,22)(H,18,23). The lowest BCUT2D eigenvalue weighted by Gasteiger charge is -2.18. The summed E-state index contributed by atoms with van der Waals surface area (Å²) < 4.78 is 19.4. The van der Waals surface area contributed by atoms with Crippen molar-refractivity contribution >= 4 is 23.5 Å². The second-order valence-electron chi connectivity index (χ2n) is 5.99. The van der Waals surface area contributed by atoms with Gasteiger partial charge < -0.3 is 10.1 Å². The Labute approximate surface area is 138 Å². The molecule has 2 rings (SSSR count). The first-order chi connectivity index (χ1) is 11.2. The average Bonchev–Trinajstić information content (AvgIpc) is 2.83. The zero-order valence-corrected chi connectivity index (χ0v) is 13.5. The average molecular weight is 335 g/mol. The van der Waals surface area contributed by atoms with Gasteiger partial charge in [-0.05, 0) is 39.0 Å². The van der Waals surface area contributed by atoms with Gasteiger partial charge in [0.1, 0.15) is 18.0 Å². The molecule has 8 nitrogen and oxygen atoms in total. The number of anilines is 2. The number of hydrogen-bond acceptors (Lipinski definition) is 5. The van der Waals surface area contributed by atoms with Crippen LogP contribution in [0.25, 0.3) is 0 Å². The zero-order chi connectivity index (χ0) is 17.7. The molecule has 0 saturated heterocycles. The Morgan fingerprint density at radius 2 is 2.04 bits per heavy atom. The van der Waals surface area contributed by atoms with E-state index in [0.29, 0.717) is 5.69 Å². The topological polar surface area (TPSA) is 98.1 Å². The molecule has 1 aromatic heterocycles. The largest absolute Gasteiger partial charge is 0.444 e. The Kier molecular flexibility index (Phi) is 5.12. The van der Waals surface area contributed by atoms with E-state index in [9.17, 15) is 14.0 Å². The van der Waals surface area contributed by atoms with Gasteiger partial charge in [0.25, 0.3) is 0 Å². The van der Waals surface area contributed by atoms with Crippen molar-refractivity contribution in [1.82, 2.24) is 15.0 Å². The van der Waals surface area contributed by atoms with E-state index in [1.54, 1.807) is 26.8 Å². The van der Waals surface area contributed by atoms with Crippen LogP contribution in [0.2, 0.25) is 0 Å². The number of carbonyl (C=O) groups excluding carboxylic acids is 2. The Balaban J connectivity index is 1.89. The summed E-state index contributed by atoms with van der Waals surface area (Å²) >= 11 is 0. The molecule has 1 heterocycles. The van der Waals surface area contributed by atoms with Crippen molar-refractivity contribution in [2.45, 2.75) is 32.9 Å². The lowest BCUT2D eigenvalue weighted by Crippen LogP contribution is -2.27. The monoisotopic (exact) mass is 335 g/mol. The summed E-state index contributed by atoms with van der Waals surface area (Å²) in [6.45, 7) is 5.07. The molecule has 0 aliphatic carbocycles. The molecule has 0 atom stereocenters. The number of benzene rings is 1. The molecule has 24 heavy (non-hydrogen) atoms. The highest BCUT2D eigenvalue weighted by atomic mass is 19.1. The number of rotatable bonds is 4. The fourth-order valence-electron chi connectivity index (χ4n) is 1.76. The van der Waals surface area contributed by atoms with Crippen LogP contribution in [-0.4, -0.2) is 32.6 Å². The van der Waals surface area contributed by atoms with Gasteiger partial charge >= 0.3 is 6.09 Å². The van der Waals surface area contributed by atoms with Gasteiger partial charge in [-0.15, -0.1) is 5.10 Å². The highest BCUT2D eigenvalue weighted by Gasteiger charge is 2.17. The van der Waals surface area contributed by atoms with Crippen molar-refractivity contribution in [3.05, 3.63) is 36.3 Å². The van der Waals surface area contributed by atoms with Gasteiger partial charge in [-0.25, -0.2) is 13.9 Å². The molecule has 0 aliphatic heterocycles. The van der Waals surface area contributed by atoms with Crippen molar-refractivity contribution in [3.63, 3.8) is 0 Å². The molecule has 1 aromatic carbocycles. The molecular weight excluding hydrogens is 317 g/mol. The van der Waals surface area contributed by atoms with Gasteiger partial charge in [-0.1, -0.05) is 11.3 Å². The van der Waals surface area contributed by atoms with Gasteiger partial charge in [-0.3, -0.25) is 10.1 Å². The minimum absolute atomic E-state index is 0.139. The van der Waals surface area contributed by atoms with Crippen molar-refractivity contribution < 1.29 is 18.7 Å². The maximum absolute atomic E-state index is 13.1. The van der Waals surface area contributed by atoms with E-state index < -0.39 is 23.4 Å². The Bertz CT molecular complexity index is 739. The summed E-state index contributed by atoms with van der Waals surface area (Å²) in [6.07, 6.45) is 0.716. The summed E-state index contributed by atoms with van der Waals surface area (Å²) in [5, 5.41) is 12.4. The summed E-state index contributed by atoms with van der Waals surface area (Å²) in [6, 6.07) is 5.54. The minimum Gasteiger partial charge on any atom is -0.444 e. The first-order valence-electron chi connectivity index (χ1n) is 7.17. The number of halogens is 1. The fourth-order valence-corrected chi connectivity index (χ4v) is 1.76. The third kappa shape index (κ3) is 5.67. The molecule has 2 N–H and O–H groups in total. The minimum atomic E-state index is -0.668. The summed E-state index contributed by atoms with van der Waals surface area (Å²) in [7, 11) is 0. The van der Waals surface area contributed by atoms with E-state index in [2.05, 4.69) is 20.9 Å². The van der Waals surface area contributed by atoms with E-state index >= 15 is 0 Å². The predicted octanol–water partition coefficient (Wildman–Crippen LogP) is 2.40. The van der Waals surface area contributed by atoms with E-state index in [1.807, 2.05) is 0 Å². The number of aromatic nitrogens is 3. The number of hydrogen-bond donors (Lipinski definition) is 2. The second-order valence-corrected chi connectivity index (χ2v) is 5.99. The van der Waals surface area contributed by atoms with Crippen LogP contribution in [-0.2, 0) is 16.1 Å². The fraction of sp³-hybridized carbons (Fsp3) is 0.333. The predicted molar refractivity (Wildman–Crippen MR) is 84.9 cm³/mol. The van der Waals surface area contributed by atoms with Crippen molar-refractivity contribution in [1.29, 1.82) is 0 Å². The number of ether oxygens (including phenoxy) is 1. The van der Waals surface area contributed by atoms with Crippen LogP contribution in [0.3, 0.4) is 0 Å². The van der Waals surface area contributed by atoms with Crippen LogP contribution < -0.4 is 10.6 Å². The van der Waals surface area contributed by atoms with Crippen LogP contribution in [0, 0.1) is 5.82 Å². The van der Waals surface area contributed by atoms with Gasteiger partial charge in [0.2, 0.25) is 5.91 Å². The molecule has 0 fully saturated rings. The molecule has 128 valence electrons. The summed E-state index contributed by atoms with van der Waals surface area (Å²) in [4.78, 5) is 23.5. The van der Waals surface area contributed by atoms with Crippen LogP contribution in [0.15, 0.2) is 30.5 Å². The van der Waals surface area contributed by atoms with Crippen LogP contribution in [0.1, 0.15) is 20.8 Å². The van der Waals surface area contributed by atoms with Crippen molar-refractivity contribution in [3.8, 4) is 0 Å². The van der Waals surface area contributed by atoms with Crippen LogP contribution in [0.5, 0.6) is 0 Å². The first kappa shape index (κ1) is 17.4. The lowest BCUT2D eigenvalue weighted by atomic mass is 10.2. The third-order valence-electron chi connectivity index (χ3n) is 2.58. The molecule has 9 heteroatoms.